The maximum absolute atomic E-state index is 14.1. The van der Waals surface area contributed by atoms with Gasteiger partial charge in [-0.1, -0.05) is 17.7 Å². The summed E-state index contributed by atoms with van der Waals surface area (Å²) in [6.45, 7) is 3.48. The molecule has 2 heterocycles. The molecule has 1 amide bonds. The zero-order valence-electron chi connectivity index (χ0n) is 18.7. The molecule has 0 aliphatic carbocycles. The summed E-state index contributed by atoms with van der Waals surface area (Å²) in [6.07, 6.45) is -1.28. The number of carbonyl (C=O) groups is 1. The van der Waals surface area contributed by atoms with Gasteiger partial charge in [0.25, 0.3) is 0 Å². The fourth-order valence-electron chi connectivity index (χ4n) is 3.83. The van der Waals surface area contributed by atoms with Crippen molar-refractivity contribution in [2.24, 2.45) is 5.73 Å². The van der Waals surface area contributed by atoms with Crippen molar-refractivity contribution in [3.63, 3.8) is 0 Å². The minimum atomic E-state index is -0.925. The highest BCUT2D eigenvalue weighted by atomic mass is 35.5. The van der Waals surface area contributed by atoms with Crippen LogP contribution in [0.25, 0.3) is 11.0 Å². The van der Waals surface area contributed by atoms with Crippen molar-refractivity contribution in [2.45, 2.75) is 19.6 Å². The number of nitrogens with zero attached hydrogens (tertiary/aromatic N) is 1. The summed E-state index contributed by atoms with van der Waals surface area (Å²) >= 11 is 6.39. The topological polar surface area (TPSA) is 104 Å². The van der Waals surface area contributed by atoms with Gasteiger partial charge in [0.1, 0.15) is 17.6 Å². The molecule has 10 heteroatoms. The summed E-state index contributed by atoms with van der Waals surface area (Å²) < 4.78 is 35.3. The van der Waals surface area contributed by atoms with Gasteiger partial charge < -0.3 is 29.3 Å². The maximum Gasteiger partial charge on any atom is 0.415 e. The third kappa shape index (κ3) is 4.92. The molecular formula is C24H24ClFN2O6. The van der Waals surface area contributed by atoms with E-state index in [0.717, 1.165) is 0 Å². The van der Waals surface area contributed by atoms with Crippen LogP contribution < -0.4 is 16.1 Å². The van der Waals surface area contributed by atoms with E-state index >= 15 is 0 Å². The van der Waals surface area contributed by atoms with Crippen molar-refractivity contribution in [3.8, 4) is 5.75 Å². The summed E-state index contributed by atoms with van der Waals surface area (Å²) in [5.74, 6) is -0.399. The van der Waals surface area contributed by atoms with Crippen LogP contribution in [0.15, 0.2) is 39.5 Å². The third-order valence-electron chi connectivity index (χ3n) is 5.81. The molecule has 1 fully saturated rings. The molecule has 1 aliphatic rings. The zero-order chi connectivity index (χ0) is 24.4. The van der Waals surface area contributed by atoms with Crippen LogP contribution in [0.5, 0.6) is 5.75 Å². The predicted molar refractivity (Wildman–Crippen MR) is 124 cm³/mol. The first-order chi connectivity index (χ1) is 16.3. The average molecular weight is 491 g/mol. The number of morpholine rings is 1. The van der Waals surface area contributed by atoms with Gasteiger partial charge in [0.05, 0.1) is 18.2 Å². The molecule has 0 spiro atoms. The number of aryl methyl sites for hydroxylation is 1. The Kier molecular flexibility index (Phi) is 7.18. The van der Waals surface area contributed by atoms with Crippen molar-refractivity contribution in [3.05, 3.63) is 73.8 Å². The fourth-order valence-corrected chi connectivity index (χ4v) is 4.03. The number of methoxy groups -OCH3 is 1. The summed E-state index contributed by atoms with van der Waals surface area (Å²) in [5, 5.41) is 0.800. The van der Waals surface area contributed by atoms with Crippen LogP contribution in [-0.4, -0.2) is 44.4 Å². The Bertz CT molecular complexity index is 1290. The molecule has 0 saturated carbocycles. The molecule has 1 saturated heterocycles. The van der Waals surface area contributed by atoms with Gasteiger partial charge in [-0.05, 0) is 36.2 Å². The molecule has 1 unspecified atom stereocenters. The molecule has 8 nitrogen and oxygen atoms in total. The van der Waals surface area contributed by atoms with Gasteiger partial charge in [0.15, 0.2) is 5.75 Å². The number of nitrogens with two attached hydrogens (primary N) is 1. The molecular weight excluding hydrogens is 467 g/mol. The molecule has 1 atom stereocenters. The Morgan fingerprint density at radius 3 is 2.71 bits per heavy atom. The molecule has 3 aromatic rings. The number of fused-ring (bicyclic) bond motifs is 1. The summed E-state index contributed by atoms with van der Waals surface area (Å²) in [4.78, 5) is 26.7. The van der Waals surface area contributed by atoms with E-state index in [1.54, 1.807) is 25.1 Å². The van der Waals surface area contributed by atoms with Crippen LogP contribution in [0.4, 0.5) is 9.18 Å². The quantitative estimate of drug-likeness (QED) is 0.427. The normalized spacial score (nSPS) is 14.9. The lowest BCUT2D eigenvalue weighted by molar-refractivity contribution is 0.0416. The number of benzene rings is 2. The first-order valence-corrected chi connectivity index (χ1v) is 11.0. The largest absolute Gasteiger partial charge is 0.422 e. The van der Waals surface area contributed by atoms with Gasteiger partial charge in [0.2, 0.25) is 0 Å². The Balaban J connectivity index is 1.65. The van der Waals surface area contributed by atoms with Crippen LogP contribution >= 0.6 is 11.6 Å². The van der Waals surface area contributed by atoms with Gasteiger partial charge in [-0.25, -0.2) is 14.0 Å². The highest BCUT2D eigenvalue weighted by molar-refractivity contribution is 6.33. The third-order valence-corrected chi connectivity index (χ3v) is 6.10. The van der Waals surface area contributed by atoms with Gasteiger partial charge in [-0.2, -0.15) is 0 Å². The van der Waals surface area contributed by atoms with Crippen LogP contribution in [0.2, 0.25) is 5.02 Å². The highest BCUT2D eigenvalue weighted by Gasteiger charge is 2.22. The molecule has 2 aromatic carbocycles. The van der Waals surface area contributed by atoms with Crippen molar-refractivity contribution in [2.75, 3.05) is 33.4 Å². The van der Waals surface area contributed by atoms with Crippen molar-refractivity contribution >= 4 is 28.7 Å². The molecule has 34 heavy (non-hydrogen) atoms. The lowest BCUT2D eigenvalue weighted by Gasteiger charge is -2.26. The van der Waals surface area contributed by atoms with E-state index in [1.807, 2.05) is 0 Å². The van der Waals surface area contributed by atoms with Crippen LogP contribution in [0.1, 0.15) is 28.5 Å². The smallest absolute Gasteiger partial charge is 0.415 e. The van der Waals surface area contributed by atoms with Gasteiger partial charge in [-0.15, -0.1) is 0 Å². The molecule has 4 rings (SSSR count). The van der Waals surface area contributed by atoms with Gasteiger partial charge in [0, 0.05) is 49.2 Å². The molecule has 180 valence electrons. The molecule has 1 aliphatic heterocycles. The van der Waals surface area contributed by atoms with E-state index in [2.05, 4.69) is 0 Å². The van der Waals surface area contributed by atoms with Crippen LogP contribution in [0.3, 0.4) is 0 Å². The van der Waals surface area contributed by atoms with E-state index in [1.165, 1.54) is 24.1 Å². The second kappa shape index (κ2) is 10.1. The first kappa shape index (κ1) is 24.2. The Morgan fingerprint density at radius 1 is 1.26 bits per heavy atom. The fraction of sp³-hybridized carbons (Fsp3) is 0.333. The number of ether oxygens (including phenoxy) is 3. The highest BCUT2D eigenvalue weighted by Crippen LogP contribution is 2.33. The minimum absolute atomic E-state index is 0.0951. The second-order valence-corrected chi connectivity index (χ2v) is 8.34. The lowest BCUT2D eigenvalue weighted by atomic mass is 9.98. The number of hydrogen-bond donors (Lipinski definition) is 1. The Labute approximate surface area is 199 Å². The van der Waals surface area contributed by atoms with Crippen molar-refractivity contribution in [1.29, 1.82) is 0 Å². The average Bonchev–Trinajstić information content (AvgIpc) is 2.84. The standard InChI is InChI=1S/C24H24ClFN2O6/c1-13-15-11-18(25)21(34-24(30)28-5-7-32-8-6-28)12-20(15)33-23(29)16(13)9-14-3-4-19(26)17(10-14)22(27)31-2/h3-4,10-12,22H,5-9,27H2,1-2H3. The van der Waals surface area contributed by atoms with Crippen molar-refractivity contribution in [1.82, 2.24) is 4.90 Å². The number of hydrogen-bond acceptors (Lipinski definition) is 7. The molecule has 2 N–H and O–H groups in total. The van der Waals surface area contributed by atoms with E-state index < -0.39 is 23.8 Å². The second-order valence-electron chi connectivity index (χ2n) is 7.93. The van der Waals surface area contributed by atoms with Gasteiger partial charge in [-0.3, -0.25) is 0 Å². The van der Waals surface area contributed by atoms with E-state index in [4.69, 9.17) is 36.0 Å². The summed E-state index contributed by atoms with van der Waals surface area (Å²) in [5.41, 5.74) is 7.39. The first-order valence-electron chi connectivity index (χ1n) is 10.7. The maximum atomic E-state index is 14.1. The number of halogens is 2. The Morgan fingerprint density at radius 2 is 2.00 bits per heavy atom. The van der Waals surface area contributed by atoms with Crippen LogP contribution in [-0.2, 0) is 15.9 Å². The minimum Gasteiger partial charge on any atom is -0.422 e. The monoisotopic (exact) mass is 490 g/mol. The zero-order valence-corrected chi connectivity index (χ0v) is 19.5. The molecule has 1 aromatic heterocycles. The van der Waals surface area contributed by atoms with Crippen LogP contribution in [0, 0.1) is 12.7 Å². The molecule has 0 radical (unpaired) electrons. The number of carbonyl (C=O) groups excluding carboxylic acids is 1. The lowest BCUT2D eigenvalue weighted by Crippen LogP contribution is -2.42. The predicted octanol–water partition coefficient (Wildman–Crippen LogP) is 3.92. The SMILES string of the molecule is COC(N)c1cc(Cc2c(C)c3cc(Cl)c(OC(=O)N4CCOCC4)cc3oc2=O)ccc1F. The van der Waals surface area contributed by atoms with E-state index in [9.17, 15) is 14.0 Å². The van der Waals surface area contributed by atoms with Gasteiger partial charge >= 0.3 is 11.7 Å². The van der Waals surface area contributed by atoms with E-state index in [-0.39, 0.29) is 28.3 Å². The summed E-state index contributed by atoms with van der Waals surface area (Å²) in [7, 11) is 1.38. The van der Waals surface area contributed by atoms with E-state index in [0.29, 0.717) is 48.4 Å². The summed E-state index contributed by atoms with van der Waals surface area (Å²) in [6, 6.07) is 7.45. The number of rotatable bonds is 5. The molecule has 0 bridgehead atoms. The Hall–Kier alpha value is -2.98. The number of amides is 1. The van der Waals surface area contributed by atoms with Crippen molar-refractivity contribution < 1.29 is 27.8 Å².